The van der Waals surface area contributed by atoms with E-state index in [1.807, 2.05) is 0 Å². The number of rotatable bonds is 5. The van der Waals surface area contributed by atoms with Crippen molar-refractivity contribution in [3.63, 3.8) is 0 Å². The van der Waals surface area contributed by atoms with Crippen molar-refractivity contribution in [2.75, 3.05) is 11.9 Å². The molecular formula is C10H10Br2N2O3. The van der Waals surface area contributed by atoms with Gasteiger partial charge in [-0.25, -0.2) is 0 Å². The van der Waals surface area contributed by atoms with Crippen LogP contribution in [-0.2, 0) is 0 Å². The molecule has 0 radical (unpaired) electrons. The molecule has 17 heavy (non-hydrogen) atoms. The molecule has 5 nitrogen and oxygen atoms in total. The number of nitrogens with one attached hydrogen (secondary N) is 1. The summed E-state index contributed by atoms with van der Waals surface area (Å²) < 4.78 is 0.511. The van der Waals surface area contributed by atoms with Gasteiger partial charge >= 0.3 is 0 Å². The maximum atomic E-state index is 11.7. The van der Waals surface area contributed by atoms with Crippen molar-refractivity contribution in [1.29, 1.82) is 0 Å². The molecule has 1 N–H and O–H groups in total. The summed E-state index contributed by atoms with van der Waals surface area (Å²) >= 11 is 6.39. The van der Waals surface area contributed by atoms with Crippen molar-refractivity contribution in [1.82, 2.24) is 5.32 Å². The molecule has 0 aliphatic carbocycles. The number of halogens is 2. The van der Waals surface area contributed by atoms with E-state index in [1.54, 1.807) is 6.07 Å². The number of benzene rings is 1. The van der Waals surface area contributed by atoms with Crippen molar-refractivity contribution in [3.05, 3.63) is 38.3 Å². The van der Waals surface area contributed by atoms with Crippen LogP contribution in [0.5, 0.6) is 0 Å². The summed E-state index contributed by atoms with van der Waals surface area (Å²) in [6.07, 6.45) is 0.807. The fourth-order valence-electron chi connectivity index (χ4n) is 1.18. The minimum atomic E-state index is -0.528. The highest BCUT2D eigenvalue weighted by molar-refractivity contribution is 9.10. The number of carbonyl (C=O) groups excluding carboxylic acids is 1. The maximum absolute atomic E-state index is 11.7. The van der Waals surface area contributed by atoms with Gasteiger partial charge in [0.1, 0.15) is 0 Å². The third kappa shape index (κ3) is 4.43. The number of carbonyl (C=O) groups is 1. The lowest BCUT2D eigenvalue weighted by Gasteiger charge is -2.04. The minimum absolute atomic E-state index is 0.106. The zero-order chi connectivity index (χ0) is 12.8. The first-order valence-corrected chi connectivity index (χ1v) is 6.75. The van der Waals surface area contributed by atoms with Crippen molar-refractivity contribution < 1.29 is 9.72 Å². The Labute approximate surface area is 115 Å². The van der Waals surface area contributed by atoms with Gasteiger partial charge in [-0.15, -0.1) is 0 Å². The summed E-state index contributed by atoms with van der Waals surface area (Å²) in [4.78, 5) is 21.8. The molecule has 1 rings (SSSR count). The molecule has 1 amide bonds. The highest BCUT2D eigenvalue weighted by Gasteiger charge is 2.13. The average Bonchev–Trinajstić information content (AvgIpc) is 2.28. The summed E-state index contributed by atoms with van der Waals surface area (Å²) in [5.41, 5.74) is 0.172. The van der Waals surface area contributed by atoms with E-state index in [4.69, 9.17) is 0 Å². The fraction of sp³-hybridized carbons (Fsp3) is 0.300. The van der Waals surface area contributed by atoms with Crippen LogP contribution in [-0.4, -0.2) is 22.7 Å². The molecule has 0 unspecified atom stereocenters. The molecule has 0 fully saturated rings. The second kappa shape index (κ2) is 6.70. The van der Waals surface area contributed by atoms with Gasteiger partial charge in [0.15, 0.2) is 0 Å². The molecule has 1 aromatic rings. The molecule has 0 saturated carbocycles. The summed E-state index contributed by atoms with van der Waals surface area (Å²) in [6.45, 7) is 0.532. The first kappa shape index (κ1) is 14.1. The summed E-state index contributed by atoms with van der Waals surface area (Å²) in [5, 5.41) is 14.1. The SMILES string of the molecule is O=C(NCCCBr)c1cc(Br)cc([N+](=O)[O-])c1. The van der Waals surface area contributed by atoms with Crippen molar-refractivity contribution in [2.45, 2.75) is 6.42 Å². The lowest BCUT2D eigenvalue weighted by atomic mass is 10.2. The Hall–Kier alpha value is -0.950. The molecule has 0 heterocycles. The lowest BCUT2D eigenvalue weighted by molar-refractivity contribution is -0.385. The standard InChI is InChI=1S/C10H10Br2N2O3/c11-2-1-3-13-10(15)7-4-8(12)6-9(5-7)14(16)17/h4-6H,1-3H2,(H,13,15). The zero-order valence-corrected chi connectivity index (χ0v) is 12.0. The van der Waals surface area contributed by atoms with E-state index in [9.17, 15) is 14.9 Å². The predicted molar refractivity (Wildman–Crippen MR) is 71.5 cm³/mol. The van der Waals surface area contributed by atoms with Gasteiger partial charge in [0.2, 0.25) is 0 Å². The Morgan fingerprint density at radius 3 is 2.71 bits per heavy atom. The molecule has 1 aromatic carbocycles. The van der Waals surface area contributed by atoms with Crippen LogP contribution >= 0.6 is 31.9 Å². The Morgan fingerprint density at radius 2 is 2.12 bits per heavy atom. The third-order valence-electron chi connectivity index (χ3n) is 1.95. The van der Waals surface area contributed by atoms with Gasteiger partial charge in [0.25, 0.3) is 11.6 Å². The predicted octanol–water partition coefficient (Wildman–Crippen LogP) is 2.87. The molecule has 0 aromatic heterocycles. The van der Waals surface area contributed by atoms with Crippen LogP contribution in [0.3, 0.4) is 0 Å². The smallest absolute Gasteiger partial charge is 0.271 e. The van der Waals surface area contributed by atoms with E-state index in [2.05, 4.69) is 37.2 Å². The van der Waals surface area contributed by atoms with Crippen LogP contribution in [0.15, 0.2) is 22.7 Å². The lowest BCUT2D eigenvalue weighted by Crippen LogP contribution is -2.24. The Kier molecular flexibility index (Phi) is 5.57. The molecule has 0 aliphatic rings. The first-order valence-electron chi connectivity index (χ1n) is 4.83. The monoisotopic (exact) mass is 364 g/mol. The number of alkyl halides is 1. The Balaban J connectivity index is 2.82. The molecular weight excluding hydrogens is 356 g/mol. The molecule has 0 bridgehead atoms. The van der Waals surface area contributed by atoms with Crippen LogP contribution in [0, 0.1) is 10.1 Å². The summed E-state index contributed by atoms with van der Waals surface area (Å²) in [6, 6.07) is 4.17. The molecule has 0 aliphatic heterocycles. The minimum Gasteiger partial charge on any atom is -0.352 e. The van der Waals surface area contributed by atoms with E-state index in [-0.39, 0.29) is 17.2 Å². The quantitative estimate of drug-likeness (QED) is 0.377. The van der Waals surface area contributed by atoms with E-state index < -0.39 is 4.92 Å². The van der Waals surface area contributed by atoms with Gasteiger partial charge in [-0.1, -0.05) is 31.9 Å². The van der Waals surface area contributed by atoms with Crippen LogP contribution in [0.1, 0.15) is 16.8 Å². The van der Waals surface area contributed by atoms with Crippen LogP contribution < -0.4 is 5.32 Å². The topological polar surface area (TPSA) is 72.2 Å². The van der Waals surface area contributed by atoms with Crippen LogP contribution in [0.25, 0.3) is 0 Å². The first-order chi connectivity index (χ1) is 8.04. The van der Waals surface area contributed by atoms with Crippen molar-refractivity contribution >= 4 is 43.5 Å². The average molecular weight is 366 g/mol. The maximum Gasteiger partial charge on any atom is 0.271 e. The molecule has 92 valence electrons. The van der Waals surface area contributed by atoms with Gasteiger partial charge in [-0.3, -0.25) is 14.9 Å². The van der Waals surface area contributed by atoms with E-state index in [1.165, 1.54) is 12.1 Å². The van der Waals surface area contributed by atoms with Gasteiger partial charge in [-0.05, 0) is 12.5 Å². The second-order valence-electron chi connectivity index (χ2n) is 3.25. The normalized spacial score (nSPS) is 10.0. The molecule has 0 spiro atoms. The number of hydrogen-bond donors (Lipinski definition) is 1. The molecule has 0 atom stereocenters. The van der Waals surface area contributed by atoms with Crippen LogP contribution in [0.4, 0.5) is 5.69 Å². The number of hydrogen-bond acceptors (Lipinski definition) is 3. The number of amides is 1. The summed E-state index contributed by atoms with van der Waals surface area (Å²) in [7, 11) is 0. The number of non-ortho nitro benzene ring substituents is 1. The van der Waals surface area contributed by atoms with Crippen molar-refractivity contribution in [2.24, 2.45) is 0 Å². The van der Waals surface area contributed by atoms with Crippen molar-refractivity contribution in [3.8, 4) is 0 Å². The molecule has 7 heteroatoms. The largest absolute Gasteiger partial charge is 0.352 e. The van der Waals surface area contributed by atoms with E-state index >= 15 is 0 Å². The Bertz CT molecular complexity index is 438. The Morgan fingerprint density at radius 1 is 1.41 bits per heavy atom. The highest BCUT2D eigenvalue weighted by atomic mass is 79.9. The third-order valence-corrected chi connectivity index (χ3v) is 2.97. The molecule has 0 saturated heterocycles. The fourth-order valence-corrected chi connectivity index (χ4v) is 1.94. The van der Waals surface area contributed by atoms with Gasteiger partial charge in [0.05, 0.1) is 4.92 Å². The number of nitro groups is 1. The highest BCUT2D eigenvalue weighted by Crippen LogP contribution is 2.21. The summed E-state index contributed by atoms with van der Waals surface area (Å²) in [5.74, 6) is -0.310. The zero-order valence-electron chi connectivity index (χ0n) is 8.78. The van der Waals surface area contributed by atoms with Gasteiger partial charge in [-0.2, -0.15) is 0 Å². The number of nitro benzene ring substituents is 1. The van der Waals surface area contributed by atoms with E-state index in [0.717, 1.165) is 11.8 Å². The second-order valence-corrected chi connectivity index (χ2v) is 4.96. The van der Waals surface area contributed by atoms with Crippen LogP contribution in [0.2, 0.25) is 0 Å². The van der Waals surface area contributed by atoms with E-state index in [0.29, 0.717) is 11.0 Å². The van der Waals surface area contributed by atoms with Gasteiger partial charge in [0, 0.05) is 34.0 Å². The van der Waals surface area contributed by atoms with Gasteiger partial charge < -0.3 is 5.32 Å². The number of nitrogens with zero attached hydrogens (tertiary/aromatic N) is 1.